The van der Waals surface area contributed by atoms with Gasteiger partial charge in [-0.3, -0.25) is 0 Å². The second-order valence-corrected chi connectivity index (χ2v) is 4.99. The molecule has 2 heterocycles. The number of benzene rings is 1. The molecule has 0 aliphatic rings. The average molecular weight is 266 g/mol. The van der Waals surface area contributed by atoms with Crippen LogP contribution in [0.5, 0.6) is 0 Å². The van der Waals surface area contributed by atoms with Gasteiger partial charge in [0.1, 0.15) is 0 Å². The number of hydrogen-bond acceptors (Lipinski definition) is 3. The summed E-state index contributed by atoms with van der Waals surface area (Å²) in [6, 6.07) is 12.3. The number of nitrogens with two attached hydrogens (primary N) is 1. The van der Waals surface area contributed by atoms with Gasteiger partial charge < -0.3 is 5.73 Å². The molecule has 1 aromatic carbocycles. The highest BCUT2D eigenvalue weighted by Gasteiger charge is 2.11. The van der Waals surface area contributed by atoms with E-state index in [-0.39, 0.29) is 0 Å². The number of aryl methyl sites for hydroxylation is 2. The molecule has 0 bridgehead atoms. The van der Waals surface area contributed by atoms with E-state index in [1.165, 1.54) is 5.56 Å². The monoisotopic (exact) mass is 266 g/mol. The van der Waals surface area contributed by atoms with Crippen molar-refractivity contribution in [2.24, 2.45) is 5.73 Å². The van der Waals surface area contributed by atoms with Gasteiger partial charge in [0.15, 0.2) is 5.65 Å². The third kappa shape index (κ3) is 2.08. The molecule has 4 heteroatoms. The zero-order chi connectivity index (χ0) is 14.1. The zero-order valence-corrected chi connectivity index (χ0v) is 11.8. The van der Waals surface area contributed by atoms with E-state index in [0.717, 1.165) is 34.7 Å². The summed E-state index contributed by atoms with van der Waals surface area (Å²) in [5.41, 5.74) is 12.0. The van der Waals surface area contributed by atoms with E-state index in [9.17, 15) is 0 Å². The van der Waals surface area contributed by atoms with Crippen molar-refractivity contribution in [2.75, 3.05) is 6.54 Å². The molecule has 0 atom stereocenters. The van der Waals surface area contributed by atoms with E-state index in [1.807, 2.05) is 35.7 Å². The van der Waals surface area contributed by atoms with Gasteiger partial charge in [0, 0.05) is 12.0 Å². The van der Waals surface area contributed by atoms with Crippen molar-refractivity contribution in [1.82, 2.24) is 14.6 Å². The SMILES string of the molecule is Cc1ccccc1-c1ccc2nc(C)c(CCN)n2n1. The van der Waals surface area contributed by atoms with Gasteiger partial charge in [0.2, 0.25) is 0 Å². The van der Waals surface area contributed by atoms with Crippen molar-refractivity contribution in [3.8, 4) is 11.3 Å². The van der Waals surface area contributed by atoms with E-state index in [1.54, 1.807) is 0 Å². The van der Waals surface area contributed by atoms with Crippen molar-refractivity contribution < 1.29 is 0 Å². The lowest BCUT2D eigenvalue weighted by atomic mass is 10.1. The number of fused-ring (bicyclic) bond motifs is 1. The summed E-state index contributed by atoms with van der Waals surface area (Å²) in [6.07, 6.45) is 0.789. The molecule has 0 saturated carbocycles. The summed E-state index contributed by atoms with van der Waals surface area (Å²) in [7, 11) is 0. The molecule has 0 saturated heterocycles. The van der Waals surface area contributed by atoms with Gasteiger partial charge >= 0.3 is 0 Å². The van der Waals surface area contributed by atoms with E-state index < -0.39 is 0 Å². The summed E-state index contributed by atoms with van der Waals surface area (Å²) in [5, 5.41) is 4.74. The van der Waals surface area contributed by atoms with Gasteiger partial charge in [-0.15, -0.1) is 0 Å². The maximum absolute atomic E-state index is 5.68. The molecule has 0 amide bonds. The van der Waals surface area contributed by atoms with Crippen molar-refractivity contribution >= 4 is 5.65 Å². The molecule has 3 aromatic rings. The third-order valence-electron chi connectivity index (χ3n) is 3.57. The first-order valence-corrected chi connectivity index (χ1v) is 6.82. The number of imidazole rings is 1. The average Bonchev–Trinajstić information content (AvgIpc) is 2.76. The first-order valence-electron chi connectivity index (χ1n) is 6.82. The largest absolute Gasteiger partial charge is 0.330 e. The van der Waals surface area contributed by atoms with E-state index in [2.05, 4.69) is 24.0 Å². The van der Waals surface area contributed by atoms with Crippen LogP contribution in [0.2, 0.25) is 0 Å². The summed E-state index contributed by atoms with van der Waals surface area (Å²) < 4.78 is 1.92. The van der Waals surface area contributed by atoms with Gasteiger partial charge in [-0.25, -0.2) is 9.50 Å². The minimum absolute atomic E-state index is 0.602. The normalized spacial score (nSPS) is 11.2. The summed E-state index contributed by atoms with van der Waals surface area (Å²) in [4.78, 5) is 4.53. The van der Waals surface area contributed by atoms with Crippen LogP contribution in [0, 0.1) is 13.8 Å². The smallest absolute Gasteiger partial charge is 0.154 e. The highest BCUT2D eigenvalue weighted by Crippen LogP contribution is 2.22. The highest BCUT2D eigenvalue weighted by atomic mass is 15.3. The van der Waals surface area contributed by atoms with Crippen LogP contribution in [-0.4, -0.2) is 21.1 Å². The van der Waals surface area contributed by atoms with Gasteiger partial charge in [0.25, 0.3) is 0 Å². The molecule has 2 aromatic heterocycles. The highest BCUT2D eigenvalue weighted by molar-refractivity contribution is 5.64. The Kier molecular flexibility index (Phi) is 3.24. The fraction of sp³-hybridized carbons (Fsp3) is 0.250. The topological polar surface area (TPSA) is 56.2 Å². The van der Waals surface area contributed by atoms with Crippen molar-refractivity contribution in [1.29, 1.82) is 0 Å². The fourth-order valence-electron chi connectivity index (χ4n) is 2.52. The maximum atomic E-state index is 5.68. The van der Waals surface area contributed by atoms with Crippen LogP contribution < -0.4 is 5.73 Å². The van der Waals surface area contributed by atoms with Crippen molar-refractivity contribution in [3.05, 3.63) is 53.3 Å². The van der Waals surface area contributed by atoms with Gasteiger partial charge in [0.05, 0.1) is 17.1 Å². The Hall–Kier alpha value is -2.20. The number of hydrogen-bond donors (Lipinski definition) is 1. The lowest BCUT2D eigenvalue weighted by Crippen LogP contribution is -2.08. The molecule has 102 valence electrons. The molecule has 3 rings (SSSR count). The van der Waals surface area contributed by atoms with Crippen LogP contribution in [0.15, 0.2) is 36.4 Å². The van der Waals surface area contributed by atoms with Crippen molar-refractivity contribution in [2.45, 2.75) is 20.3 Å². The van der Waals surface area contributed by atoms with Crippen LogP contribution in [0.1, 0.15) is 17.0 Å². The third-order valence-corrected chi connectivity index (χ3v) is 3.57. The standard InChI is InChI=1S/C16H18N4/c1-11-5-3-4-6-13(11)14-7-8-16-18-12(2)15(9-10-17)20(16)19-14/h3-8H,9-10,17H2,1-2H3. The molecule has 4 nitrogen and oxygen atoms in total. The van der Waals surface area contributed by atoms with Gasteiger partial charge in [-0.05, 0) is 38.1 Å². The molecular formula is C16H18N4. The first-order chi connectivity index (χ1) is 9.70. The minimum Gasteiger partial charge on any atom is -0.330 e. The molecule has 2 N–H and O–H groups in total. The summed E-state index contributed by atoms with van der Waals surface area (Å²) in [6.45, 7) is 4.71. The Labute approximate surface area is 118 Å². The van der Waals surface area contributed by atoms with Crippen molar-refractivity contribution in [3.63, 3.8) is 0 Å². The maximum Gasteiger partial charge on any atom is 0.154 e. The molecule has 0 aliphatic carbocycles. The Morgan fingerprint density at radius 2 is 1.90 bits per heavy atom. The van der Waals surface area contributed by atoms with Crippen LogP contribution in [0.4, 0.5) is 0 Å². The van der Waals surface area contributed by atoms with E-state index in [0.29, 0.717) is 6.54 Å². The Balaban J connectivity index is 2.19. The lowest BCUT2D eigenvalue weighted by molar-refractivity contribution is 0.823. The molecule has 0 radical (unpaired) electrons. The summed E-state index contributed by atoms with van der Waals surface area (Å²) >= 11 is 0. The Morgan fingerprint density at radius 3 is 2.65 bits per heavy atom. The molecule has 0 unspecified atom stereocenters. The Morgan fingerprint density at radius 1 is 1.10 bits per heavy atom. The molecule has 20 heavy (non-hydrogen) atoms. The fourth-order valence-corrected chi connectivity index (χ4v) is 2.52. The van der Waals surface area contributed by atoms with Crippen LogP contribution in [0.25, 0.3) is 16.9 Å². The van der Waals surface area contributed by atoms with Crippen LogP contribution in [-0.2, 0) is 6.42 Å². The van der Waals surface area contributed by atoms with Gasteiger partial charge in [-0.2, -0.15) is 5.10 Å². The van der Waals surface area contributed by atoms with Crippen LogP contribution >= 0.6 is 0 Å². The molecule has 0 aliphatic heterocycles. The lowest BCUT2D eigenvalue weighted by Gasteiger charge is -2.06. The zero-order valence-electron chi connectivity index (χ0n) is 11.8. The number of nitrogens with zero attached hydrogens (tertiary/aromatic N) is 3. The Bertz CT molecular complexity index is 758. The number of aromatic nitrogens is 3. The minimum atomic E-state index is 0.602. The molecule has 0 spiro atoms. The number of rotatable bonds is 3. The van der Waals surface area contributed by atoms with E-state index in [4.69, 9.17) is 10.8 Å². The second-order valence-electron chi connectivity index (χ2n) is 4.99. The summed E-state index contributed by atoms with van der Waals surface area (Å²) in [5.74, 6) is 0. The second kappa shape index (κ2) is 5.06. The van der Waals surface area contributed by atoms with Gasteiger partial charge in [-0.1, -0.05) is 24.3 Å². The van der Waals surface area contributed by atoms with Crippen LogP contribution in [0.3, 0.4) is 0 Å². The van der Waals surface area contributed by atoms with E-state index >= 15 is 0 Å². The predicted molar refractivity (Wildman–Crippen MR) is 80.7 cm³/mol. The molecule has 0 fully saturated rings. The first kappa shape index (κ1) is 12.8. The molecular weight excluding hydrogens is 248 g/mol. The quantitative estimate of drug-likeness (QED) is 0.792. The predicted octanol–water partition coefficient (Wildman–Crippen LogP) is 2.51.